The molecule has 0 saturated carbocycles. The van der Waals surface area contributed by atoms with Crippen LogP contribution in [-0.2, 0) is 17.5 Å². The number of ether oxygens (including phenoxy) is 1. The van der Waals surface area contributed by atoms with E-state index in [1.165, 1.54) is 12.1 Å². The summed E-state index contributed by atoms with van der Waals surface area (Å²) in [6.45, 7) is 1.94. The van der Waals surface area contributed by atoms with Gasteiger partial charge in [-0.1, -0.05) is 18.2 Å². The third-order valence-electron chi connectivity index (χ3n) is 3.97. The molecule has 2 N–H and O–H groups in total. The highest BCUT2D eigenvalue weighted by Crippen LogP contribution is 2.33. The first-order chi connectivity index (χ1) is 9.97. The summed E-state index contributed by atoms with van der Waals surface area (Å²) in [6, 6.07) is 5.58. The number of hydrogen-bond acceptors (Lipinski definition) is 3. The number of rotatable bonds is 6. The van der Waals surface area contributed by atoms with Gasteiger partial charge >= 0.3 is 6.18 Å². The second kappa shape index (κ2) is 6.77. The number of hydrogen-bond donors (Lipinski definition) is 2. The lowest BCUT2D eigenvalue weighted by Crippen LogP contribution is -2.35. The molecule has 0 spiro atoms. The lowest BCUT2D eigenvalue weighted by atomic mass is 9.84. The van der Waals surface area contributed by atoms with Crippen molar-refractivity contribution in [3.63, 3.8) is 0 Å². The van der Waals surface area contributed by atoms with Crippen LogP contribution in [0.15, 0.2) is 24.3 Å². The van der Waals surface area contributed by atoms with Gasteiger partial charge in [0.25, 0.3) is 0 Å². The molecule has 1 aromatic carbocycles. The van der Waals surface area contributed by atoms with Crippen molar-refractivity contribution >= 4 is 0 Å². The van der Waals surface area contributed by atoms with E-state index in [0.717, 1.165) is 12.5 Å². The highest BCUT2D eigenvalue weighted by atomic mass is 19.4. The third kappa shape index (κ3) is 4.18. The number of alkyl halides is 3. The Morgan fingerprint density at radius 1 is 1.29 bits per heavy atom. The molecule has 0 amide bonds. The predicted octanol–water partition coefficient (Wildman–Crippen LogP) is 2.58. The zero-order valence-electron chi connectivity index (χ0n) is 11.7. The second-order valence-corrected chi connectivity index (χ2v) is 5.53. The molecule has 0 radical (unpaired) electrons. The molecular weight excluding hydrogens is 283 g/mol. The van der Waals surface area contributed by atoms with Crippen LogP contribution in [0.4, 0.5) is 13.2 Å². The Kier molecular flexibility index (Phi) is 5.24. The molecule has 1 fully saturated rings. The van der Waals surface area contributed by atoms with Gasteiger partial charge in [-0.3, -0.25) is 0 Å². The highest BCUT2D eigenvalue weighted by Gasteiger charge is 2.35. The molecule has 0 aromatic heterocycles. The largest absolute Gasteiger partial charge is 0.416 e. The van der Waals surface area contributed by atoms with E-state index in [9.17, 15) is 13.2 Å². The molecule has 1 unspecified atom stereocenters. The van der Waals surface area contributed by atoms with Crippen molar-refractivity contribution in [3.8, 4) is 0 Å². The minimum atomic E-state index is -4.34. The lowest BCUT2D eigenvalue weighted by Gasteiger charge is -2.27. The van der Waals surface area contributed by atoms with Crippen molar-refractivity contribution < 1.29 is 23.0 Å². The number of nitrogens with one attached hydrogen (secondary N) is 1. The summed E-state index contributed by atoms with van der Waals surface area (Å²) in [5.74, 6) is 0. The molecule has 21 heavy (non-hydrogen) atoms. The number of halogens is 3. The maximum atomic E-state index is 12.9. The third-order valence-corrected chi connectivity index (χ3v) is 3.97. The van der Waals surface area contributed by atoms with Crippen molar-refractivity contribution in [3.05, 3.63) is 35.4 Å². The number of aliphatic hydroxyl groups excluding tert-OH is 1. The Morgan fingerprint density at radius 2 is 2.05 bits per heavy atom. The topological polar surface area (TPSA) is 41.5 Å². The fraction of sp³-hybridized carbons (Fsp3) is 0.600. The molecule has 1 aliphatic heterocycles. The Balaban J connectivity index is 1.97. The standard InChI is InChI=1S/C15H20F3NO2/c16-15(17,18)13-4-2-1-3-12(13)9-19-10-14(5-7-20)6-8-21-11-14/h1-4,19-20H,5-11H2. The van der Waals surface area contributed by atoms with Gasteiger partial charge in [0, 0.05) is 31.7 Å². The van der Waals surface area contributed by atoms with Crippen LogP contribution in [0.25, 0.3) is 0 Å². The van der Waals surface area contributed by atoms with Gasteiger partial charge in [-0.2, -0.15) is 13.2 Å². The van der Waals surface area contributed by atoms with Gasteiger partial charge < -0.3 is 15.2 Å². The Hall–Kier alpha value is -1.11. The van der Waals surface area contributed by atoms with Crippen molar-refractivity contribution in [2.24, 2.45) is 5.41 Å². The van der Waals surface area contributed by atoms with Gasteiger partial charge in [0.2, 0.25) is 0 Å². The van der Waals surface area contributed by atoms with Gasteiger partial charge in [-0.25, -0.2) is 0 Å². The molecule has 1 aliphatic rings. The van der Waals surface area contributed by atoms with Crippen LogP contribution in [0.3, 0.4) is 0 Å². The minimum absolute atomic E-state index is 0.0597. The average molecular weight is 303 g/mol. The monoisotopic (exact) mass is 303 g/mol. The van der Waals surface area contributed by atoms with E-state index in [0.29, 0.717) is 26.2 Å². The maximum Gasteiger partial charge on any atom is 0.416 e. The van der Waals surface area contributed by atoms with Crippen molar-refractivity contribution in [2.75, 3.05) is 26.4 Å². The Bertz CT molecular complexity index is 456. The lowest BCUT2D eigenvalue weighted by molar-refractivity contribution is -0.138. The van der Waals surface area contributed by atoms with Crippen LogP contribution in [0.5, 0.6) is 0 Å². The summed E-state index contributed by atoms with van der Waals surface area (Å²) < 4.78 is 44.0. The summed E-state index contributed by atoms with van der Waals surface area (Å²) in [7, 11) is 0. The molecule has 1 aromatic rings. The first-order valence-electron chi connectivity index (χ1n) is 7.01. The van der Waals surface area contributed by atoms with E-state index in [1.54, 1.807) is 6.07 Å². The maximum absolute atomic E-state index is 12.9. The zero-order chi connectivity index (χ0) is 15.3. The van der Waals surface area contributed by atoms with Crippen LogP contribution in [-0.4, -0.2) is 31.5 Å². The quantitative estimate of drug-likeness (QED) is 0.849. The van der Waals surface area contributed by atoms with E-state index in [2.05, 4.69) is 5.32 Å². The molecule has 3 nitrogen and oxygen atoms in total. The molecule has 6 heteroatoms. The summed E-state index contributed by atoms with van der Waals surface area (Å²) in [5.41, 5.74) is -0.526. The molecule has 0 bridgehead atoms. The molecule has 1 saturated heterocycles. The van der Waals surface area contributed by atoms with Crippen LogP contribution in [0, 0.1) is 5.41 Å². The molecule has 0 aliphatic carbocycles. The van der Waals surface area contributed by atoms with Gasteiger partial charge in [0.15, 0.2) is 0 Å². The van der Waals surface area contributed by atoms with Crippen LogP contribution >= 0.6 is 0 Å². The normalized spacial score (nSPS) is 22.7. The van der Waals surface area contributed by atoms with E-state index in [1.807, 2.05) is 0 Å². The Labute approximate surface area is 122 Å². The van der Waals surface area contributed by atoms with Gasteiger partial charge in [0.1, 0.15) is 0 Å². The number of benzene rings is 1. The van der Waals surface area contributed by atoms with Crippen LogP contribution < -0.4 is 5.32 Å². The van der Waals surface area contributed by atoms with Crippen LogP contribution in [0.1, 0.15) is 24.0 Å². The average Bonchev–Trinajstić information content (AvgIpc) is 2.87. The summed E-state index contributed by atoms with van der Waals surface area (Å²) in [5, 5.41) is 12.2. The van der Waals surface area contributed by atoms with Crippen molar-refractivity contribution in [2.45, 2.75) is 25.6 Å². The smallest absolute Gasteiger partial charge is 0.396 e. The van der Waals surface area contributed by atoms with E-state index < -0.39 is 11.7 Å². The second-order valence-electron chi connectivity index (χ2n) is 5.53. The fourth-order valence-corrected chi connectivity index (χ4v) is 2.73. The van der Waals surface area contributed by atoms with E-state index in [4.69, 9.17) is 9.84 Å². The SMILES string of the molecule is OCCC1(CNCc2ccccc2C(F)(F)F)CCOC1. The molecule has 2 rings (SSSR count). The molecular formula is C15H20F3NO2. The molecule has 118 valence electrons. The highest BCUT2D eigenvalue weighted by molar-refractivity contribution is 5.29. The van der Waals surface area contributed by atoms with Crippen molar-refractivity contribution in [1.29, 1.82) is 0 Å². The summed E-state index contributed by atoms with van der Waals surface area (Å²) in [6.07, 6.45) is -2.92. The molecule has 1 heterocycles. The zero-order valence-corrected chi connectivity index (χ0v) is 11.7. The summed E-state index contributed by atoms with van der Waals surface area (Å²) >= 11 is 0. The molecule has 1 atom stereocenters. The first-order valence-corrected chi connectivity index (χ1v) is 7.01. The fourth-order valence-electron chi connectivity index (χ4n) is 2.73. The summed E-state index contributed by atoms with van der Waals surface area (Å²) in [4.78, 5) is 0. The van der Waals surface area contributed by atoms with Gasteiger partial charge in [0.05, 0.1) is 12.2 Å². The first kappa shape index (κ1) is 16.3. The van der Waals surface area contributed by atoms with E-state index in [-0.39, 0.29) is 24.1 Å². The number of aliphatic hydroxyl groups is 1. The minimum Gasteiger partial charge on any atom is -0.396 e. The van der Waals surface area contributed by atoms with Gasteiger partial charge in [-0.15, -0.1) is 0 Å². The Morgan fingerprint density at radius 3 is 2.67 bits per heavy atom. The van der Waals surface area contributed by atoms with E-state index >= 15 is 0 Å². The van der Waals surface area contributed by atoms with Crippen LogP contribution in [0.2, 0.25) is 0 Å². The predicted molar refractivity (Wildman–Crippen MR) is 72.7 cm³/mol. The van der Waals surface area contributed by atoms with Gasteiger partial charge in [-0.05, 0) is 24.5 Å². The van der Waals surface area contributed by atoms with Crippen molar-refractivity contribution in [1.82, 2.24) is 5.32 Å².